The van der Waals surface area contributed by atoms with Gasteiger partial charge in [-0.2, -0.15) is 0 Å². The number of ether oxygens (including phenoxy) is 1. The molecule has 0 radical (unpaired) electrons. The molecule has 0 saturated heterocycles. The maximum absolute atomic E-state index is 11.5. The number of amides is 1. The summed E-state index contributed by atoms with van der Waals surface area (Å²) in [6, 6.07) is 0. The number of hydrogen-bond acceptors (Lipinski definition) is 3. The Labute approximate surface area is 123 Å². The normalized spacial score (nSPS) is 13.7. The molecule has 0 aliphatic heterocycles. The maximum atomic E-state index is 11.5. The van der Waals surface area contributed by atoms with Gasteiger partial charge in [-0.15, -0.1) is 0 Å². The van der Waals surface area contributed by atoms with Crippen molar-refractivity contribution in [1.29, 1.82) is 0 Å². The van der Waals surface area contributed by atoms with Crippen LogP contribution in [0.2, 0.25) is 18.8 Å². The monoisotopic (exact) mass is 380 g/mol. The predicted molar refractivity (Wildman–Crippen MR) is 83.9 cm³/mol. The van der Waals surface area contributed by atoms with E-state index in [1.54, 1.807) is 5.01 Å². The van der Waals surface area contributed by atoms with Gasteiger partial charge in [0, 0.05) is 0 Å². The summed E-state index contributed by atoms with van der Waals surface area (Å²) >= 11 is -1.72. The predicted octanol–water partition coefficient (Wildman–Crippen LogP) is 2.84. The Kier molecular flexibility index (Phi) is 9.28. The van der Waals surface area contributed by atoms with Gasteiger partial charge in [0.15, 0.2) is 0 Å². The molecule has 0 aromatic rings. The Hall–Kier alpha value is 0.189. The van der Waals surface area contributed by atoms with Gasteiger partial charge in [0.25, 0.3) is 0 Å². The molecule has 5 heteroatoms. The van der Waals surface area contributed by atoms with Gasteiger partial charge >= 0.3 is 123 Å². The third kappa shape index (κ3) is 8.15. The van der Waals surface area contributed by atoms with E-state index in [0.717, 1.165) is 17.1 Å². The van der Waals surface area contributed by atoms with E-state index in [9.17, 15) is 4.79 Å². The molecule has 1 atom stereocenters. The first-order chi connectivity index (χ1) is 8.70. The van der Waals surface area contributed by atoms with Crippen LogP contribution in [0.25, 0.3) is 0 Å². The fourth-order valence-electron chi connectivity index (χ4n) is 1.56. The molecule has 1 amide bonds. The quantitative estimate of drug-likeness (QED) is 0.351. The van der Waals surface area contributed by atoms with E-state index >= 15 is 0 Å². The van der Waals surface area contributed by atoms with E-state index in [4.69, 9.17) is 4.74 Å². The van der Waals surface area contributed by atoms with Crippen LogP contribution in [-0.2, 0) is 9.53 Å². The van der Waals surface area contributed by atoms with Gasteiger partial charge in [-0.1, -0.05) is 0 Å². The average Bonchev–Trinajstić information content (AvgIpc) is 2.34. The third-order valence-electron chi connectivity index (χ3n) is 3.91. The molecule has 4 nitrogen and oxygen atoms in total. The molecular weight excluding hydrogens is 347 g/mol. The minimum atomic E-state index is -1.72. The van der Waals surface area contributed by atoms with Crippen molar-refractivity contribution in [2.24, 2.45) is 0 Å². The Morgan fingerprint density at radius 3 is 2.26 bits per heavy atom. The van der Waals surface area contributed by atoms with Crippen molar-refractivity contribution >= 4 is 24.3 Å². The van der Waals surface area contributed by atoms with Crippen LogP contribution in [0.15, 0.2) is 0 Å². The van der Waals surface area contributed by atoms with Crippen molar-refractivity contribution in [1.82, 2.24) is 10.0 Å². The molecule has 0 aromatic heterocycles. The number of carbonyl (C=O) groups is 1. The van der Waals surface area contributed by atoms with Crippen LogP contribution in [0.1, 0.15) is 26.7 Å². The van der Waals surface area contributed by atoms with Gasteiger partial charge in [-0.3, -0.25) is 0 Å². The second-order valence-electron chi connectivity index (χ2n) is 6.32. The zero-order valence-corrected chi connectivity index (χ0v) is 16.7. The SMILES string of the molecule is CCC(=O)N(C)N(C)CCOCC[CH](C)[Sn]([CH3])([CH3])[CH3]. The van der Waals surface area contributed by atoms with Crippen molar-refractivity contribution < 1.29 is 9.53 Å². The fraction of sp³-hybridized carbons (Fsp3) is 0.929. The van der Waals surface area contributed by atoms with Crippen LogP contribution in [0.4, 0.5) is 0 Å². The van der Waals surface area contributed by atoms with Crippen LogP contribution in [0, 0.1) is 0 Å². The second kappa shape index (κ2) is 9.18. The number of hydrazine groups is 1. The second-order valence-corrected chi connectivity index (χ2v) is 22.6. The summed E-state index contributed by atoms with van der Waals surface area (Å²) in [5.41, 5.74) is 0. The molecule has 0 rings (SSSR count). The standard InChI is InChI=1S/C11H23N2O2.3CH3.Sn/c1-5-7-9-15-10-8-12(3)13(4)11(14)6-2;;;;/h5H,6-10H2,1-4H3;3*1H3;. The van der Waals surface area contributed by atoms with Gasteiger partial charge in [0.1, 0.15) is 0 Å². The van der Waals surface area contributed by atoms with Crippen LogP contribution >= 0.6 is 0 Å². The molecule has 0 aliphatic rings. The summed E-state index contributed by atoms with van der Waals surface area (Å²) in [5, 5.41) is 3.58. The molecule has 0 heterocycles. The van der Waals surface area contributed by atoms with E-state index in [-0.39, 0.29) is 5.91 Å². The zero-order chi connectivity index (χ0) is 15.1. The molecule has 0 aromatic carbocycles. The Balaban J connectivity index is 3.73. The van der Waals surface area contributed by atoms with Gasteiger partial charge < -0.3 is 0 Å². The minimum absolute atomic E-state index is 0.137. The van der Waals surface area contributed by atoms with Crippen LogP contribution in [0.3, 0.4) is 0 Å². The number of carbonyl (C=O) groups excluding carboxylic acids is 1. The van der Waals surface area contributed by atoms with Crippen LogP contribution < -0.4 is 0 Å². The Bertz CT molecular complexity index is 267. The average molecular weight is 379 g/mol. The van der Waals surface area contributed by atoms with E-state index in [1.807, 2.05) is 26.0 Å². The van der Waals surface area contributed by atoms with Crippen molar-refractivity contribution in [3.05, 3.63) is 0 Å². The third-order valence-corrected chi connectivity index (χ3v) is 13.2. The van der Waals surface area contributed by atoms with E-state index < -0.39 is 18.4 Å². The summed E-state index contributed by atoms with van der Waals surface area (Å²) < 4.78 is 6.55. The van der Waals surface area contributed by atoms with Crippen molar-refractivity contribution in [2.45, 2.75) is 45.4 Å². The topological polar surface area (TPSA) is 32.8 Å². The molecule has 114 valence electrons. The fourth-order valence-corrected chi connectivity index (χ4v) is 4.37. The number of hydrogen-bond donors (Lipinski definition) is 0. The molecule has 19 heavy (non-hydrogen) atoms. The molecule has 0 aliphatic carbocycles. The first-order valence-electron chi connectivity index (χ1n) is 7.25. The van der Waals surface area contributed by atoms with Crippen molar-refractivity contribution in [2.75, 3.05) is 33.9 Å². The molecule has 0 N–H and O–H groups in total. The zero-order valence-electron chi connectivity index (χ0n) is 13.8. The molecule has 0 fully saturated rings. The van der Waals surface area contributed by atoms with Gasteiger partial charge in [-0.05, 0) is 0 Å². The molecular formula is C14H32N2O2Sn. The van der Waals surface area contributed by atoms with Crippen molar-refractivity contribution in [3.8, 4) is 0 Å². The van der Waals surface area contributed by atoms with Crippen molar-refractivity contribution in [3.63, 3.8) is 0 Å². The summed E-state index contributed by atoms with van der Waals surface area (Å²) in [6.45, 7) is 6.52. The van der Waals surface area contributed by atoms with E-state index in [0.29, 0.717) is 13.0 Å². The molecule has 1 unspecified atom stereocenters. The summed E-state index contributed by atoms with van der Waals surface area (Å²) in [6.07, 6.45) is 1.71. The summed E-state index contributed by atoms with van der Waals surface area (Å²) in [5.74, 6) is 0.137. The van der Waals surface area contributed by atoms with Gasteiger partial charge in [-0.25, -0.2) is 0 Å². The van der Waals surface area contributed by atoms with Gasteiger partial charge in [0.2, 0.25) is 0 Å². The first-order valence-corrected chi connectivity index (χ1v) is 17.5. The van der Waals surface area contributed by atoms with E-state index in [1.165, 1.54) is 6.42 Å². The number of nitrogens with zero attached hydrogens (tertiary/aromatic N) is 2. The molecule has 0 bridgehead atoms. The Morgan fingerprint density at radius 2 is 1.79 bits per heavy atom. The molecule has 0 saturated carbocycles. The Morgan fingerprint density at radius 1 is 1.21 bits per heavy atom. The first kappa shape index (κ1) is 19.2. The van der Waals surface area contributed by atoms with Crippen LogP contribution in [-0.4, -0.2) is 68.2 Å². The summed E-state index contributed by atoms with van der Waals surface area (Å²) in [4.78, 5) is 18.9. The molecule has 0 spiro atoms. The van der Waals surface area contributed by atoms with Gasteiger partial charge in [0.05, 0.1) is 0 Å². The van der Waals surface area contributed by atoms with E-state index in [2.05, 4.69) is 21.7 Å². The summed E-state index contributed by atoms with van der Waals surface area (Å²) in [7, 11) is 3.73. The number of likely N-dealkylation sites (N-methyl/N-ethyl adjacent to an activating group) is 1. The number of rotatable bonds is 9. The van der Waals surface area contributed by atoms with Crippen LogP contribution in [0.5, 0.6) is 0 Å².